The first-order valence-electron chi connectivity index (χ1n) is 9.19. The van der Waals surface area contributed by atoms with E-state index in [9.17, 15) is 19.0 Å². The summed E-state index contributed by atoms with van der Waals surface area (Å²) in [6.07, 6.45) is 2.31. The van der Waals surface area contributed by atoms with Gasteiger partial charge in [-0.1, -0.05) is 6.92 Å². The fraction of sp³-hybridized carbons (Fsp3) is 0.765. The maximum absolute atomic E-state index is 12.4. The van der Waals surface area contributed by atoms with Crippen molar-refractivity contribution in [2.75, 3.05) is 6.16 Å². The molecule has 1 saturated carbocycles. The molecule has 9 nitrogen and oxygen atoms in total. The Hall–Kier alpha value is -1.25. The second kappa shape index (κ2) is 6.97. The number of H-pyrrole nitrogens is 1. The summed E-state index contributed by atoms with van der Waals surface area (Å²) in [4.78, 5) is 35.8. The molecule has 0 amide bonds. The Morgan fingerprint density at radius 3 is 2.81 bits per heavy atom. The molecule has 0 aromatic carbocycles. The van der Waals surface area contributed by atoms with Crippen LogP contribution in [0.5, 0.6) is 0 Å². The highest BCUT2D eigenvalue weighted by atomic mass is 31.2. The minimum absolute atomic E-state index is 0.0301. The summed E-state index contributed by atoms with van der Waals surface area (Å²) >= 11 is 0. The number of nitrogens with zero attached hydrogens (tertiary/aromatic N) is 1. The maximum Gasteiger partial charge on any atom is 0.330 e. The molecule has 2 heterocycles. The van der Waals surface area contributed by atoms with Crippen molar-refractivity contribution in [2.45, 2.75) is 70.7 Å². The van der Waals surface area contributed by atoms with E-state index in [4.69, 9.17) is 14.0 Å². The molecule has 0 bridgehead atoms. The van der Waals surface area contributed by atoms with Gasteiger partial charge < -0.3 is 18.9 Å². The number of hydrogen-bond donors (Lipinski definition) is 2. The number of rotatable bonds is 6. The highest BCUT2D eigenvalue weighted by Gasteiger charge is 2.61. The van der Waals surface area contributed by atoms with Crippen LogP contribution in [-0.2, 0) is 24.3 Å². The number of aromatic nitrogens is 2. The zero-order chi connectivity index (χ0) is 20.0. The van der Waals surface area contributed by atoms with Crippen LogP contribution >= 0.6 is 7.60 Å². The summed E-state index contributed by atoms with van der Waals surface area (Å²) in [5.41, 5.74) is -2.05. The van der Waals surface area contributed by atoms with Crippen molar-refractivity contribution in [3.63, 3.8) is 0 Å². The molecule has 1 aliphatic carbocycles. The molecule has 3 rings (SSSR count). The van der Waals surface area contributed by atoms with Crippen LogP contribution in [0.1, 0.15) is 47.0 Å². The van der Waals surface area contributed by atoms with Crippen LogP contribution in [0.4, 0.5) is 0 Å². The van der Waals surface area contributed by atoms with Gasteiger partial charge in [0.1, 0.15) is 6.10 Å². The number of hydrogen-bond acceptors (Lipinski definition) is 6. The lowest BCUT2D eigenvalue weighted by Gasteiger charge is -2.31. The van der Waals surface area contributed by atoms with Gasteiger partial charge in [0.05, 0.1) is 6.10 Å². The largest absolute Gasteiger partial charge is 0.342 e. The molecule has 10 heteroatoms. The molecule has 1 aromatic rings. The minimum atomic E-state index is -3.60. The van der Waals surface area contributed by atoms with E-state index in [1.54, 1.807) is 27.7 Å². The molecule has 27 heavy (non-hydrogen) atoms. The quantitative estimate of drug-likeness (QED) is 0.696. The van der Waals surface area contributed by atoms with Gasteiger partial charge >= 0.3 is 13.3 Å². The van der Waals surface area contributed by atoms with Crippen molar-refractivity contribution in [2.24, 2.45) is 5.92 Å². The van der Waals surface area contributed by atoms with Crippen LogP contribution in [0.25, 0.3) is 0 Å². The molecule has 1 aliphatic heterocycles. The van der Waals surface area contributed by atoms with Crippen LogP contribution in [0.3, 0.4) is 0 Å². The van der Waals surface area contributed by atoms with E-state index in [-0.39, 0.29) is 12.1 Å². The van der Waals surface area contributed by atoms with Crippen molar-refractivity contribution in [3.05, 3.63) is 33.1 Å². The van der Waals surface area contributed by atoms with E-state index in [1.807, 2.05) is 0 Å². The fourth-order valence-electron chi connectivity index (χ4n) is 4.20. The topological polar surface area (TPSA) is 120 Å². The average Bonchev–Trinajstić information content (AvgIpc) is 2.99. The van der Waals surface area contributed by atoms with Crippen LogP contribution in [0, 0.1) is 5.92 Å². The molecule has 0 spiro atoms. The molecule has 1 saturated heterocycles. The summed E-state index contributed by atoms with van der Waals surface area (Å²) in [6.45, 7) is 6.92. The van der Waals surface area contributed by atoms with Crippen LogP contribution in [0.15, 0.2) is 21.9 Å². The lowest BCUT2D eigenvalue weighted by molar-refractivity contribution is -0.189. The third-order valence-electron chi connectivity index (χ3n) is 5.19. The van der Waals surface area contributed by atoms with E-state index in [1.165, 1.54) is 16.8 Å². The van der Waals surface area contributed by atoms with E-state index in [2.05, 4.69) is 4.98 Å². The lowest BCUT2D eigenvalue weighted by atomic mass is 9.96. The Labute approximate surface area is 157 Å². The maximum atomic E-state index is 12.4. The van der Waals surface area contributed by atoms with E-state index < -0.39 is 42.6 Å². The first kappa shape index (κ1) is 20.5. The second-order valence-electron chi connectivity index (χ2n) is 7.77. The van der Waals surface area contributed by atoms with E-state index >= 15 is 0 Å². The highest BCUT2D eigenvalue weighted by molar-refractivity contribution is 7.52. The molecular weight excluding hydrogens is 375 g/mol. The van der Waals surface area contributed by atoms with E-state index in [0.29, 0.717) is 19.3 Å². The van der Waals surface area contributed by atoms with Crippen molar-refractivity contribution in [3.8, 4) is 0 Å². The van der Waals surface area contributed by atoms with E-state index in [0.717, 1.165) is 0 Å². The SMILES string of the molecule is CCP(=O)(O)OC(C)CC1CC[C@]2(n3ccc(=O)[nH]c3=O)OC(C)(C)O[C@H]12. The third kappa shape index (κ3) is 3.98. The van der Waals surface area contributed by atoms with Gasteiger partial charge in [-0.3, -0.25) is 18.9 Å². The van der Waals surface area contributed by atoms with Crippen molar-refractivity contribution < 1.29 is 23.5 Å². The summed E-state index contributed by atoms with van der Waals surface area (Å²) in [5, 5.41) is 0. The van der Waals surface area contributed by atoms with Gasteiger partial charge in [-0.25, -0.2) is 4.79 Å². The van der Waals surface area contributed by atoms with Crippen molar-refractivity contribution in [1.29, 1.82) is 0 Å². The zero-order valence-electron chi connectivity index (χ0n) is 16.0. The number of fused-ring (bicyclic) bond motifs is 1. The number of aromatic amines is 1. The summed E-state index contributed by atoms with van der Waals surface area (Å²) in [6, 6.07) is 1.28. The number of nitrogens with one attached hydrogen (secondary N) is 1. The van der Waals surface area contributed by atoms with Gasteiger partial charge in [0.25, 0.3) is 5.56 Å². The standard InChI is InChI=1S/C17H27N2O7P/c1-5-27(22,23)25-11(2)10-12-6-8-17(14(12)24-16(3,4)26-17)19-9-7-13(20)18-15(19)21/h7,9,11-12,14H,5-6,8,10H2,1-4H3,(H,22,23)(H,18,20,21)/t11?,12?,14-,17+/m1/s1. The van der Waals surface area contributed by atoms with Crippen LogP contribution < -0.4 is 11.2 Å². The Morgan fingerprint density at radius 2 is 2.19 bits per heavy atom. The molecule has 3 unspecified atom stereocenters. The zero-order valence-corrected chi connectivity index (χ0v) is 16.9. The van der Waals surface area contributed by atoms with Crippen molar-refractivity contribution >= 4 is 7.60 Å². The highest BCUT2D eigenvalue weighted by Crippen LogP contribution is 2.53. The molecule has 2 aliphatic rings. The van der Waals surface area contributed by atoms with Gasteiger partial charge in [-0.15, -0.1) is 0 Å². The summed E-state index contributed by atoms with van der Waals surface area (Å²) in [5.74, 6) is -0.934. The monoisotopic (exact) mass is 402 g/mol. The summed E-state index contributed by atoms with van der Waals surface area (Å²) < 4.78 is 30.9. The van der Waals surface area contributed by atoms with Crippen molar-refractivity contribution in [1.82, 2.24) is 9.55 Å². The van der Waals surface area contributed by atoms with Gasteiger partial charge in [0.2, 0.25) is 0 Å². The third-order valence-corrected chi connectivity index (χ3v) is 6.68. The van der Waals surface area contributed by atoms with Crippen LogP contribution in [-0.4, -0.2) is 38.6 Å². The lowest BCUT2D eigenvalue weighted by Crippen LogP contribution is -2.48. The molecule has 152 valence electrons. The molecule has 1 aromatic heterocycles. The average molecular weight is 402 g/mol. The summed E-state index contributed by atoms with van der Waals surface area (Å²) in [7, 11) is -3.60. The Balaban J connectivity index is 1.88. The normalized spacial score (nSPS) is 32.8. The second-order valence-corrected chi connectivity index (χ2v) is 9.89. The van der Waals surface area contributed by atoms with Gasteiger partial charge in [-0.2, -0.15) is 0 Å². The molecule has 2 N–H and O–H groups in total. The molecular formula is C17H27N2O7P. The Bertz CT molecular complexity index is 863. The Kier molecular flexibility index (Phi) is 5.29. The first-order valence-corrected chi connectivity index (χ1v) is 10.9. The van der Waals surface area contributed by atoms with Crippen LogP contribution in [0.2, 0.25) is 0 Å². The Morgan fingerprint density at radius 1 is 1.48 bits per heavy atom. The minimum Gasteiger partial charge on any atom is -0.342 e. The van der Waals surface area contributed by atoms with Gasteiger partial charge in [0.15, 0.2) is 11.5 Å². The predicted octanol–water partition coefficient (Wildman–Crippen LogP) is 1.75. The first-order chi connectivity index (χ1) is 12.5. The molecule has 0 radical (unpaired) electrons. The fourth-order valence-corrected chi connectivity index (χ4v) is 4.99. The van der Waals surface area contributed by atoms with Gasteiger partial charge in [-0.05, 0) is 46.0 Å². The number of ether oxygens (including phenoxy) is 2. The van der Waals surface area contributed by atoms with Gasteiger partial charge in [0, 0.05) is 18.4 Å². The predicted molar refractivity (Wildman–Crippen MR) is 97.6 cm³/mol. The molecule has 5 atom stereocenters. The molecule has 2 fully saturated rings. The smallest absolute Gasteiger partial charge is 0.330 e.